The van der Waals surface area contributed by atoms with Gasteiger partial charge in [-0.15, -0.1) is 0 Å². The number of amides is 1. The average Bonchev–Trinajstić information content (AvgIpc) is 2.75. The second-order valence-electron chi connectivity index (χ2n) is 7.61. The highest BCUT2D eigenvalue weighted by molar-refractivity contribution is 9.10. The van der Waals surface area contributed by atoms with E-state index in [9.17, 15) is 13.2 Å². The number of sulfonamides is 1. The third-order valence-corrected chi connectivity index (χ3v) is 7.56. The molecular weight excluding hydrogens is 528 g/mol. The van der Waals surface area contributed by atoms with E-state index < -0.39 is 22.5 Å². The molecule has 0 atom stereocenters. The first-order valence-corrected chi connectivity index (χ1v) is 12.6. The molecule has 0 heterocycles. The molecule has 0 saturated carbocycles. The summed E-state index contributed by atoms with van der Waals surface area (Å²) in [5.41, 5.74) is 3.41. The van der Waals surface area contributed by atoms with E-state index in [1.165, 1.54) is 13.2 Å². The Morgan fingerprint density at radius 2 is 1.64 bits per heavy atom. The van der Waals surface area contributed by atoms with Crippen molar-refractivity contribution in [2.24, 2.45) is 0 Å². The van der Waals surface area contributed by atoms with Gasteiger partial charge < -0.3 is 10.1 Å². The number of hydrogen-bond donors (Lipinski definition) is 1. The maximum absolute atomic E-state index is 13.7. The van der Waals surface area contributed by atoms with Crippen LogP contribution in [0.15, 0.2) is 64.0 Å². The van der Waals surface area contributed by atoms with Crippen molar-refractivity contribution in [2.75, 3.05) is 23.3 Å². The van der Waals surface area contributed by atoms with Gasteiger partial charge in [-0.2, -0.15) is 0 Å². The monoisotopic (exact) mass is 550 g/mol. The first kappa shape index (κ1) is 25.1. The predicted molar refractivity (Wildman–Crippen MR) is 136 cm³/mol. The highest BCUT2D eigenvalue weighted by atomic mass is 79.9. The minimum Gasteiger partial charge on any atom is -0.495 e. The molecule has 3 rings (SSSR count). The lowest BCUT2D eigenvalue weighted by Gasteiger charge is -2.25. The Bertz CT molecular complexity index is 1270. The van der Waals surface area contributed by atoms with Crippen LogP contribution in [0.5, 0.6) is 5.75 Å². The summed E-state index contributed by atoms with van der Waals surface area (Å²) in [6.07, 6.45) is 0. The number of carbonyl (C=O) groups is 1. The van der Waals surface area contributed by atoms with Crippen LogP contribution < -0.4 is 14.4 Å². The van der Waals surface area contributed by atoms with Crippen LogP contribution in [0.1, 0.15) is 16.7 Å². The van der Waals surface area contributed by atoms with Gasteiger partial charge in [0.05, 0.1) is 12.8 Å². The van der Waals surface area contributed by atoms with Crippen LogP contribution >= 0.6 is 27.5 Å². The lowest BCUT2D eigenvalue weighted by Crippen LogP contribution is -2.38. The fourth-order valence-electron chi connectivity index (χ4n) is 3.44. The zero-order chi connectivity index (χ0) is 24.3. The molecule has 0 radical (unpaired) electrons. The van der Waals surface area contributed by atoms with Crippen molar-refractivity contribution < 1.29 is 17.9 Å². The molecular formula is C24H24BrClN2O4S. The lowest BCUT2D eigenvalue weighted by molar-refractivity contribution is -0.114. The van der Waals surface area contributed by atoms with E-state index in [1.54, 1.807) is 43.3 Å². The number of aryl methyl sites for hydroxylation is 3. The van der Waals surface area contributed by atoms with E-state index in [0.717, 1.165) is 25.5 Å². The maximum atomic E-state index is 13.7. The maximum Gasteiger partial charge on any atom is 0.268 e. The molecule has 0 aromatic heterocycles. The number of methoxy groups -OCH3 is 1. The van der Waals surface area contributed by atoms with Gasteiger partial charge in [0.2, 0.25) is 5.91 Å². The summed E-state index contributed by atoms with van der Waals surface area (Å²) in [4.78, 5) is 13.0. The molecule has 1 N–H and O–H groups in total. The number of hydrogen-bond acceptors (Lipinski definition) is 4. The highest BCUT2D eigenvalue weighted by Gasteiger charge is 2.30. The molecule has 0 saturated heterocycles. The van der Waals surface area contributed by atoms with Crippen molar-refractivity contribution in [1.29, 1.82) is 0 Å². The Kier molecular flexibility index (Phi) is 7.72. The largest absolute Gasteiger partial charge is 0.495 e. The van der Waals surface area contributed by atoms with Crippen LogP contribution in [0, 0.1) is 20.8 Å². The van der Waals surface area contributed by atoms with Gasteiger partial charge in [0, 0.05) is 15.2 Å². The van der Waals surface area contributed by atoms with Gasteiger partial charge in [0.15, 0.2) is 0 Å². The topological polar surface area (TPSA) is 75.7 Å². The van der Waals surface area contributed by atoms with Crippen molar-refractivity contribution in [3.8, 4) is 5.75 Å². The Hall–Kier alpha value is -2.55. The summed E-state index contributed by atoms with van der Waals surface area (Å²) in [6.45, 7) is 5.10. The number of carbonyl (C=O) groups excluding carboxylic acids is 1. The molecule has 174 valence electrons. The van der Waals surface area contributed by atoms with Crippen LogP contribution in [0.3, 0.4) is 0 Å². The van der Waals surface area contributed by atoms with Crippen molar-refractivity contribution in [2.45, 2.75) is 25.7 Å². The summed E-state index contributed by atoms with van der Waals surface area (Å²) in [6, 6.07) is 14.9. The number of ether oxygens (including phenoxy) is 1. The fourth-order valence-corrected chi connectivity index (χ4v) is 5.92. The highest BCUT2D eigenvalue weighted by Crippen LogP contribution is 2.32. The van der Waals surface area contributed by atoms with Crippen LogP contribution in [-0.4, -0.2) is 28.0 Å². The second-order valence-corrected chi connectivity index (χ2v) is 10.8. The minimum atomic E-state index is -4.15. The van der Waals surface area contributed by atoms with Gasteiger partial charge in [0.25, 0.3) is 10.0 Å². The van der Waals surface area contributed by atoms with E-state index in [4.69, 9.17) is 16.3 Å². The van der Waals surface area contributed by atoms with Crippen molar-refractivity contribution >= 4 is 54.8 Å². The molecule has 1 amide bonds. The molecule has 3 aromatic rings. The smallest absolute Gasteiger partial charge is 0.268 e. The molecule has 0 bridgehead atoms. The molecule has 9 heteroatoms. The fraction of sp³-hybridized carbons (Fsp3) is 0.208. The minimum absolute atomic E-state index is 0.0243. The number of nitrogens with zero attached hydrogens (tertiary/aromatic N) is 1. The van der Waals surface area contributed by atoms with Crippen molar-refractivity contribution in [3.63, 3.8) is 0 Å². The molecule has 0 aliphatic rings. The number of nitrogens with one attached hydrogen (secondary N) is 1. The van der Waals surface area contributed by atoms with Gasteiger partial charge in [-0.3, -0.25) is 9.10 Å². The Labute approximate surface area is 207 Å². The third kappa shape index (κ3) is 5.69. The SMILES string of the molecule is COc1ccc(C)cc1S(=O)(=O)N(CC(=O)Nc1c(C)cc(Br)cc1C)c1ccc(Cl)cc1. The van der Waals surface area contributed by atoms with Gasteiger partial charge in [-0.05, 0) is 86.0 Å². The van der Waals surface area contributed by atoms with E-state index >= 15 is 0 Å². The first-order valence-electron chi connectivity index (χ1n) is 10.0. The second kappa shape index (κ2) is 10.2. The lowest BCUT2D eigenvalue weighted by atomic mass is 10.1. The number of benzene rings is 3. The Morgan fingerprint density at radius 1 is 1.03 bits per heavy atom. The summed E-state index contributed by atoms with van der Waals surface area (Å²) in [7, 11) is -2.74. The van der Waals surface area contributed by atoms with E-state index in [1.807, 2.05) is 26.0 Å². The van der Waals surface area contributed by atoms with Gasteiger partial charge in [-0.25, -0.2) is 8.42 Å². The van der Waals surface area contributed by atoms with Crippen molar-refractivity contribution in [3.05, 3.63) is 80.8 Å². The van der Waals surface area contributed by atoms with Crippen molar-refractivity contribution in [1.82, 2.24) is 0 Å². The summed E-state index contributed by atoms with van der Waals surface area (Å²) >= 11 is 9.44. The first-order chi connectivity index (χ1) is 15.5. The number of rotatable bonds is 7. The van der Waals surface area contributed by atoms with Crippen LogP contribution in [0.25, 0.3) is 0 Å². The number of halogens is 2. The summed E-state index contributed by atoms with van der Waals surface area (Å²) in [5.74, 6) is -0.284. The van der Waals surface area contributed by atoms with Gasteiger partial charge in [-0.1, -0.05) is 33.6 Å². The zero-order valence-corrected chi connectivity index (χ0v) is 21.8. The molecule has 33 heavy (non-hydrogen) atoms. The average molecular weight is 552 g/mol. The standard InChI is InChI=1S/C24H24BrClN2O4S/c1-15-5-10-21(32-4)22(11-15)33(30,31)28(20-8-6-19(26)7-9-20)14-23(29)27-24-16(2)12-18(25)13-17(24)3/h5-13H,14H2,1-4H3,(H,27,29). The molecule has 0 fully saturated rings. The van der Waals surface area contributed by atoms with E-state index in [2.05, 4.69) is 21.2 Å². The van der Waals surface area contributed by atoms with Gasteiger partial charge >= 0.3 is 0 Å². The molecule has 0 unspecified atom stereocenters. The number of anilines is 2. The van der Waals surface area contributed by atoms with Crippen LogP contribution in [0.2, 0.25) is 5.02 Å². The quantitative estimate of drug-likeness (QED) is 0.398. The normalized spacial score (nSPS) is 11.2. The van der Waals surface area contributed by atoms with E-state index in [-0.39, 0.29) is 10.6 Å². The summed E-state index contributed by atoms with van der Waals surface area (Å²) in [5, 5.41) is 3.31. The third-order valence-electron chi connectivity index (χ3n) is 5.05. The molecule has 0 aliphatic heterocycles. The van der Waals surface area contributed by atoms with Crippen LogP contribution in [0.4, 0.5) is 11.4 Å². The van der Waals surface area contributed by atoms with Crippen LogP contribution in [-0.2, 0) is 14.8 Å². The molecule has 6 nitrogen and oxygen atoms in total. The molecule has 0 spiro atoms. The molecule has 0 aliphatic carbocycles. The predicted octanol–water partition coefficient (Wildman–Crippen LogP) is 5.87. The Balaban J connectivity index is 2.04. The Morgan fingerprint density at radius 3 is 2.21 bits per heavy atom. The zero-order valence-electron chi connectivity index (χ0n) is 18.6. The summed E-state index contributed by atoms with van der Waals surface area (Å²) < 4.78 is 34.7. The van der Waals surface area contributed by atoms with E-state index in [0.29, 0.717) is 16.4 Å². The van der Waals surface area contributed by atoms with Gasteiger partial charge in [0.1, 0.15) is 17.2 Å². The molecule has 3 aromatic carbocycles.